The molecular formula is C16H22Cl2F4N2O. The molecule has 0 amide bonds. The largest absolute Gasteiger partial charge is 0.489 e. The number of nitrogens with one attached hydrogen (secondary N) is 1. The lowest BCUT2D eigenvalue weighted by atomic mass is 9.99. The summed E-state index contributed by atoms with van der Waals surface area (Å²) in [5.41, 5.74) is 0.451. The summed E-state index contributed by atoms with van der Waals surface area (Å²) in [6, 6.07) is 2.22. The van der Waals surface area contributed by atoms with E-state index < -0.39 is 24.5 Å². The van der Waals surface area contributed by atoms with Crippen LogP contribution in [-0.2, 0) is 0 Å². The number of halogens is 6. The SMILES string of the molecule is CCOc1c(F)cc([C@H](CCC(F)(F)F)N2CCNCC2)cc1Cl.Cl. The number of hydrogen-bond acceptors (Lipinski definition) is 3. The number of rotatable bonds is 6. The van der Waals surface area contributed by atoms with Gasteiger partial charge in [-0.05, 0) is 31.0 Å². The Morgan fingerprint density at radius 3 is 2.44 bits per heavy atom. The normalized spacial score (nSPS) is 17.0. The van der Waals surface area contributed by atoms with E-state index in [1.807, 2.05) is 4.90 Å². The molecule has 1 saturated heterocycles. The van der Waals surface area contributed by atoms with Crippen LogP contribution in [0.15, 0.2) is 12.1 Å². The Morgan fingerprint density at radius 1 is 1.28 bits per heavy atom. The fourth-order valence-corrected chi connectivity index (χ4v) is 3.18. The van der Waals surface area contributed by atoms with E-state index in [0.29, 0.717) is 31.7 Å². The predicted octanol–water partition coefficient (Wildman–Crippen LogP) is 4.59. The molecule has 1 aliphatic heterocycles. The third-order valence-corrected chi connectivity index (χ3v) is 4.27. The minimum absolute atomic E-state index is 0. The quantitative estimate of drug-likeness (QED) is 0.701. The second-order valence-corrected chi connectivity index (χ2v) is 6.11. The van der Waals surface area contributed by atoms with Crippen LogP contribution in [0, 0.1) is 5.82 Å². The molecule has 25 heavy (non-hydrogen) atoms. The van der Waals surface area contributed by atoms with Gasteiger partial charge in [0.1, 0.15) is 0 Å². The second kappa shape index (κ2) is 9.80. The van der Waals surface area contributed by atoms with Crippen LogP contribution < -0.4 is 10.1 Å². The van der Waals surface area contributed by atoms with Crippen molar-refractivity contribution in [1.82, 2.24) is 10.2 Å². The highest BCUT2D eigenvalue weighted by Crippen LogP contribution is 2.36. The number of benzene rings is 1. The maximum Gasteiger partial charge on any atom is 0.389 e. The fraction of sp³-hybridized carbons (Fsp3) is 0.625. The van der Waals surface area contributed by atoms with E-state index in [4.69, 9.17) is 16.3 Å². The zero-order valence-electron chi connectivity index (χ0n) is 13.8. The van der Waals surface area contributed by atoms with E-state index >= 15 is 0 Å². The molecule has 0 unspecified atom stereocenters. The molecule has 1 aromatic rings. The standard InChI is InChI=1S/C16H21ClF4N2O.ClH/c1-2-24-15-12(17)9-11(10-13(15)18)14(3-4-16(19,20)21)23-7-5-22-6-8-23;/h9-10,14,22H,2-8H2,1H3;1H/t14-;/m0./s1. The zero-order valence-corrected chi connectivity index (χ0v) is 15.4. The van der Waals surface area contributed by atoms with Gasteiger partial charge in [0.2, 0.25) is 0 Å². The Morgan fingerprint density at radius 2 is 1.92 bits per heavy atom. The van der Waals surface area contributed by atoms with E-state index in [0.717, 1.165) is 0 Å². The molecule has 144 valence electrons. The summed E-state index contributed by atoms with van der Waals surface area (Å²) in [5.74, 6) is -0.704. The number of hydrogen-bond donors (Lipinski definition) is 1. The summed E-state index contributed by atoms with van der Waals surface area (Å²) in [6.07, 6.45) is -5.30. The highest BCUT2D eigenvalue weighted by Gasteiger charge is 2.32. The van der Waals surface area contributed by atoms with Gasteiger partial charge in [-0.15, -0.1) is 12.4 Å². The van der Waals surface area contributed by atoms with Gasteiger partial charge in [-0.25, -0.2) is 4.39 Å². The van der Waals surface area contributed by atoms with Crippen LogP contribution in [0.4, 0.5) is 17.6 Å². The number of piperazine rings is 1. The third-order valence-electron chi connectivity index (χ3n) is 3.99. The molecule has 1 fully saturated rings. The third kappa shape index (κ3) is 6.47. The summed E-state index contributed by atoms with van der Waals surface area (Å²) in [5, 5.41) is 3.24. The minimum atomic E-state index is -4.25. The Hall–Kier alpha value is -0.760. The van der Waals surface area contributed by atoms with E-state index in [-0.39, 0.29) is 36.2 Å². The zero-order chi connectivity index (χ0) is 17.7. The molecule has 1 aromatic carbocycles. The van der Waals surface area contributed by atoms with Crippen molar-refractivity contribution >= 4 is 24.0 Å². The van der Waals surface area contributed by atoms with Gasteiger partial charge in [-0.2, -0.15) is 13.2 Å². The smallest absolute Gasteiger partial charge is 0.389 e. The van der Waals surface area contributed by atoms with Gasteiger partial charge in [-0.3, -0.25) is 4.90 Å². The molecule has 0 spiro atoms. The molecule has 0 radical (unpaired) electrons. The molecule has 1 aliphatic rings. The lowest BCUT2D eigenvalue weighted by Gasteiger charge is -2.35. The first-order valence-corrected chi connectivity index (χ1v) is 8.33. The van der Waals surface area contributed by atoms with Gasteiger partial charge in [0.15, 0.2) is 11.6 Å². The van der Waals surface area contributed by atoms with Crippen molar-refractivity contribution in [2.75, 3.05) is 32.8 Å². The van der Waals surface area contributed by atoms with Crippen molar-refractivity contribution in [2.24, 2.45) is 0 Å². The Labute approximate surface area is 156 Å². The van der Waals surface area contributed by atoms with Crippen molar-refractivity contribution in [1.29, 1.82) is 0 Å². The van der Waals surface area contributed by atoms with Crippen molar-refractivity contribution < 1.29 is 22.3 Å². The Bertz CT molecular complexity index is 528. The number of nitrogens with zero attached hydrogens (tertiary/aromatic N) is 1. The maximum atomic E-state index is 14.2. The van der Waals surface area contributed by atoms with Crippen molar-refractivity contribution in [3.05, 3.63) is 28.5 Å². The molecular weight excluding hydrogens is 383 g/mol. The van der Waals surface area contributed by atoms with Crippen LogP contribution >= 0.6 is 24.0 Å². The monoisotopic (exact) mass is 404 g/mol. The maximum absolute atomic E-state index is 14.2. The first kappa shape index (κ1) is 22.3. The highest BCUT2D eigenvalue weighted by atomic mass is 35.5. The molecule has 1 atom stereocenters. The van der Waals surface area contributed by atoms with E-state index in [2.05, 4.69) is 5.32 Å². The van der Waals surface area contributed by atoms with Gasteiger partial charge in [0, 0.05) is 38.6 Å². The fourth-order valence-electron chi connectivity index (χ4n) is 2.91. The van der Waals surface area contributed by atoms with Gasteiger partial charge in [0.25, 0.3) is 0 Å². The van der Waals surface area contributed by atoms with Crippen molar-refractivity contribution in [2.45, 2.75) is 32.0 Å². The molecule has 1 heterocycles. The van der Waals surface area contributed by atoms with Crippen LogP contribution in [0.5, 0.6) is 5.75 Å². The van der Waals surface area contributed by atoms with Crippen molar-refractivity contribution in [3.63, 3.8) is 0 Å². The molecule has 0 aliphatic carbocycles. The topological polar surface area (TPSA) is 24.5 Å². The number of alkyl halides is 3. The molecule has 0 aromatic heterocycles. The Kier molecular flexibility index (Phi) is 8.74. The average Bonchev–Trinajstić information content (AvgIpc) is 2.51. The highest BCUT2D eigenvalue weighted by molar-refractivity contribution is 6.32. The summed E-state index contributed by atoms with van der Waals surface area (Å²) in [7, 11) is 0. The molecule has 9 heteroatoms. The molecule has 3 nitrogen and oxygen atoms in total. The Balaban J connectivity index is 0.00000312. The van der Waals surface area contributed by atoms with E-state index in [1.165, 1.54) is 12.1 Å². The van der Waals surface area contributed by atoms with Gasteiger partial charge < -0.3 is 10.1 Å². The molecule has 0 saturated carbocycles. The van der Waals surface area contributed by atoms with Crippen molar-refractivity contribution in [3.8, 4) is 5.75 Å². The summed E-state index contributed by atoms with van der Waals surface area (Å²) in [4.78, 5) is 1.94. The van der Waals surface area contributed by atoms with Crippen LogP contribution in [0.25, 0.3) is 0 Å². The second-order valence-electron chi connectivity index (χ2n) is 5.70. The van der Waals surface area contributed by atoms with Crippen LogP contribution in [0.3, 0.4) is 0 Å². The first-order chi connectivity index (χ1) is 11.3. The lowest BCUT2D eigenvalue weighted by molar-refractivity contribution is -0.138. The minimum Gasteiger partial charge on any atom is -0.489 e. The summed E-state index contributed by atoms with van der Waals surface area (Å²) in [6.45, 7) is 4.55. The summed E-state index contributed by atoms with van der Waals surface area (Å²) >= 11 is 6.07. The van der Waals surface area contributed by atoms with Gasteiger partial charge >= 0.3 is 6.18 Å². The van der Waals surface area contributed by atoms with Crippen LogP contribution in [0.2, 0.25) is 5.02 Å². The first-order valence-electron chi connectivity index (χ1n) is 7.95. The van der Waals surface area contributed by atoms with Crippen LogP contribution in [0.1, 0.15) is 31.4 Å². The lowest BCUT2D eigenvalue weighted by Crippen LogP contribution is -2.45. The number of ether oxygens (including phenoxy) is 1. The van der Waals surface area contributed by atoms with E-state index in [1.54, 1.807) is 6.92 Å². The molecule has 0 bridgehead atoms. The molecule has 2 rings (SSSR count). The predicted molar refractivity (Wildman–Crippen MR) is 92.3 cm³/mol. The molecule has 1 N–H and O–H groups in total. The van der Waals surface area contributed by atoms with Gasteiger partial charge in [0.05, 0.1) is 11.6 Å². The summed E-state index contributed by atoms with van der Waals surface area (Å²) < 4.78 is 57.4. The van der Waals surface area contributed by atoms with Crippen LogP contribution in [-0.4, -0.2) is 43.9 Å². The van der Waals surface area contributed by atoms with Gasteiger partial charge in [-0.1, -0.05) is 11.6 Å². The average molecular weight is 405 g/mol. The van der Waals surface area contributed by atoms with E-state index in [9.17, 15) is 17.6 Å².